The average molecular weight is 1730 g/mol. The topological polar surface area (TPSA) is 51.6 Å². The van der Waals surface area contributed by atoms with Gasteiger partial charge in [-0.3, -0.25) is 0 Å². The molecule has 0 saturated carbocycles. The van der Waals surface area contributed by atoms with Crippen molar-refractivity contribution in [2.45, 2.75) is 259 Å². The van der Waals surface area contributed by atoms with Gasteiger partial charge in [0.15, 0.2) is 0 Å². The standard InChI is InChI=1S/C108H118N4S8/c1-9-17-23-27-33-73-37-45-77(46-38-73)107(78-47-39-74(40-48-78)34-28-24-18-10-2)89-67-88-90(68-87(89)105-91(107)69-99(117-105)85-57-55-83(101-103(85)111-119-109-101)93-61-63-97(115-93)95-59-53-81(113-95)65-71(15-7)31-21-13-5)108(79-49-41-75(42-50-79)35-29-25-19-11-3,80-51-43-76(44-52-80)36-30-26-20-12-4)92-70-100(118-106(88)92)86-58-56-84(102-104(86)112-120-110-102)94-62-64-98(116-94)96-60-54-82(114-96)66-72(16-8)32-22-14-6/h37-64,67-72H,9-36,65-66H2,1-8H3. The highest BCUT2D eigenvalue weighted by molar-refractivity contribution is 7.25. The molecule has 618 valence electrons. The van der Waals surface area contributed by atoms with Gasteiger partial charge in [-0.1, -0.05) is 305 Å². The third kappa shape index (κ3) is 17.0. The maximum Gasteiger partial charge on any atom is 0.114 e. The molecule has 0 amide bonds. The molecule has 0 bridgehead atoms. The first-order chi connectivity index (χ1) is 59.1. The lowest BCUT2D eigenvalue weighted by Gasteiger charge is -2.36. The Hall–Kier alpha value is -7.62. The highest BCUT2D eigenvalue weighted by atomic mass is 32.1. The Balaban J connectivity index is 0.855. The van der Waals surface area contributed by atoms with Crippen LogP contribution in [0, 0.1) is 11.8 Å². The zero-order chi connectivity index (χ0) is 82.1. The molecule has 0 radical (unpaired) electrons. The van der Waals surface area contributed by atoms with Crippen LogP contribution in [0.4, 0.5) is 0 Å². The Bertz CT molecular complexity index is 5430. The van der Waals surface area contributed by atoms with Gasteiger partial charge in [-0.05, 0) is 227 Å². The van der Waals surface area contributed by atoms with Crippen LogP contribution in [0.15, 0.2) is 194 Å². The minimum atomic E-state index is -0.699. The summed E-state index contributed by atoms with van der Waals surface area (Å²) in [6.45, 7) is 18.7. The van der Waals surface area contributed by atoms with Crippen LogP contribution in [-0.2, 0) is 49.4 Å². The fourth-order valence-electron chi connectivity index (χ4n) is 19.6. The van der Waals surface area contributed by atoms with Gasteiger partial charge in [0, 0.05) is 80.8 Å². The van der Waals surface area contributed by atoms with Gasteiger partial charge in [0.1, 0.15) is 22.1 Å². The predicted molar refractivity (Wildman–Crippen MR) is 528 cm³/mol. The van der Waals surface area contributed by atoms with Crippen molar-refractivity contribution in [3.8, 4) is 82.2 Å². The average Bonchev–Trinajstić information content (AvgIpc) is 1.50. The first-order valence-corrected chi connectivity index (χ1v) is 52.2. The number of rotatable bonds is 42. The molecule has 4 nitrogen and oxygen atoms in total. The number of unbranched alkanes of at least 4 members (excludes halogenated alkanes) is 14. The van der Waals surface area contributed by atoms with Crippen molar-refractivity contribution in [1.29, 1.82) is 0 Å². The van der Waals surface area contributed by atoms with E-state index in [4.69, 9.17) is 17.5 Å². The molecule has 8 aromatic heterocycles. The van der Waals surface area contributed by atoms with Crippen LogP contribution in [0.2, 0.25) is 0 Å². The summed E-state index contributed by atoms with van der Waals surface area (Å²) in [5.74, 6) is 1.48. The van der Waals surface area contributed by atoms with E-state index >= 15 is 0 Å². The number of hydrogen-bond acceptors (Lipinski definition) is 12. The van der Waals surface area contributed by atoms with Crippen molar-refractivity contribution in [1.82, 2.24) is 17.5 Å². The smallest absolute Gasteiger partial charge is 0.114 e. The van der Waals surface area contributed by atoms with E-state index in [2.05, 4.69) is 250 Å². The summed E-state index contributed by atoms with van der Waals surface area (Å²) in [6, 6.07) is 79.2. The molecule has 2 aliphatic carbocycles. The Morgan fingerprint density at radius 1 is 0.250 bits per heavy atom. The molecule has 7 aromatic carbocycles. The summed E-state index contributed by atoms with van der Waals surface area (Å²) in [5, 5.41) is 0. The largest absolute Gasteiger partial charge is 0.172 e. The number of fused-ring (bicyclic) bond motifs is 8. The molecule has 0 spiro atoms. The normalized spacial score (nSPS) is 13.7. The molecule has 2 atom stereocenters. The highest BCUT2D eigenvalue weighted by Gasteiger charge is 2.53. The molecule has 0 N–H and O–H groups in total. The number of nitrogens with zero attached hydrogens (tertiary/aromatic N) is 4. The minimum Gasteiger partial charge on any atom is -0.172 e. The summed E-state index contributed by atoms with van der Waals surface area (Å²) in [6.07, 6.45) is 36.7. The molecule has 0 aliphatic heterocycles. The van der Waals surface area contributed by atoms with E-state index in [9.17, 15) is 0 Å². The first-order valence-electron chi connectivity index (χ1n) is 45.9. The van der Waals surface area contributed by atoms with Crippen LogP contribution >= 0.6 is 91.5 Å². The number of aromatic nitrogens is 4. The fourth-order valence-corrected chi connectivity index (χ4v) is 27.8. The van der Waals surface area contributed by atoms with Crippen LogP contribution in [0.25, 0.3) is 104 Å². The Labute approximate surface area is 747 Å². The van der Waals surface area contributed by atoms with Gasteiger partial charge in [-0.15, -0.1) is 68.0 Å². The van der Waals surface area contributed by atoms with Crippen LogP contribution in [0.1, 0.15) is 286 Å². The zero-order valence-electron chi connectivity index (χ0n) is 71.9. The Kier molecular flexibility index (Phi) is 27.5. The van der Waals surface area contributed by atoms with Crippen LogP contribution in [0.5, 0.6) is 0 Å². The maximum atomic E-state index is 5.32. The van der Waals surface area contributed by atoms with Crippen molar-refractivity contribution in [3.05, 3.63) is 271 Å². The molecule has 120 heavy (non-hydrogen) atoms. The van der Waals surface area contributed by atoms with E-state index < -0.39 is 10.8 Å². The van der Waals surface area contributed by atoms with Crippen molar-refractivity contribution in [3.63, 3.8) is 0 Å². The van der Waals surface area contributed by atoms with Crippen molar-refractivity contribution >= 4 is 114 Å². The van der Waals surface area contributed by atoms with Gasteiger partial charge in [0.05, 0.1) is 34.3 Å². The van der Waals surface area contributed by atoms with Gasteiger partial charge in [-0.25, -0.2) is 0 Å². The van der Waals surface area contributed by atoms with Gasteiger partial charge in [0.25, 0.3) is 0 Å². The number of aryl methyl sites for hydroxylation is 4. The van der Waals surface area contributed by atoms with Gasteiger partial charge in [0.2, 0.25) is 0 Å². The molecular weight excluding hydrogens is 1610 g/mol. The van der Waals surface area contributed by atoms with E-state index in [0.717, 1.165) is 81.8 Å². The predicted octanol–water partition coefficient (Wildman–Crippen LogP) is 34.8. The SMILES string of the molecule is CCCCCCc1ccc(C2(c3ccc(CCCCCC)cc3)c3cc4c(cc3-c3sc(-c5ccc(-c6ccc(-c7ccc(CC(CC)CCCC)s7)s6)c6nsnc56)cc32)C(c2ccc(CCCCCC)cc2)(c2ccc(CCCCCC)cc2)c2cc(-c3ccc(-c5ccc(-c6ccc(CC(CC)CCCC)s6)s5)c5nsnc35)sc2-4)cc1. The summed E-state index contributed by atoms with van der Waals surface area (Å²) < 4.78 is 21.1. The third-order valence-electron chi connectivity index (χ3n) is 26.5. The number of hydrogen-bond donors (Lipinski definition) is 0. The van der Waals surface area contributed by atoms with Gasteiger partial charge in [-0.2, -0.15) is 17.5 Å². The zero-order valence-corrected chi connectivity index (χ0v) is 78.4. The molecule has 2 aliphatic rings. The van der Waals surface area contributed by atoms with E-state index in [1.807, 2.05) is 68.0 Å². The first kappa shape index (κ1) is 84.6. The van der Waals surface area contributed by atoms with Crippen LogP contribution < -0.4 is 0 Å². The number of benzene rings is 7. The molecule has 2 unspecified atom stereocenters. The second-order valence-corrected chi connectivity index (χ2v) is 42.2. The molecule has 12 heteroatoms. The summed E-state index contributed by atoms with van der Waals surface area (Å²) in [4.78, 5) is 15.9. The van der Waals surface area contributed by atoms with E-state index in [0.29, 0.717) is 0 Å². The summed E-state index contributed by atoms with van der Waals surface area (Å²) in [7, 11) is 0. The van der Waals surface area contributed by atoms with Gasteiger partial charge >= 0.3 is 0 Å². The second kappa shape index (κ2) is 39.1. The van der Waals surface area contributed by atoms with E-state index in [-0.39, 0.29) is 0 Å². The Morgan fingerprint density at radius 2 is 0.542 bits per heavy atom. The molecule has 8 heterocycles. The summed E-state index contributed by atoms with van der Waals surface area (Å²) >= 11 is 14.4. The third-order valence-corrected chi connectivity index (χ3v) is 34.8. The lowest BCUT2D eigenvalue weighted by molar-refractivity contribution is 0.452. The molecule has 15 aromatic rings. The van der Waals surface area contributed by atoms with E-state index in [1.54, 1.807) is 0 Å². The van der Waals surface area contributed by atoms with Crippen LogP contribution in [-0.4, -0.2) is 17.5 Å². The Morgan fingerprint density at radius 3 is 0.850 bits per heavy atom. The van der Waals surface area contributed by atoms with Crippen molar-refractivity contribution < 1.29 is 0 Å². The van der Waals surface area contributed by atoms with Crippen molar-refractivity contribution in [2.75, 3.05) is 0 Å². The highest BCUT2D eigenvalue weighted by Crippen LogP contribution is 2.67. The number of thiophene rings is 6. The van der Waals surface area contributed by atoms with E-state index in [1.165, 1.54) is 327 Å². The van der Waals surface area contributed by atoms with Gasteiger partial charge < -0.3 is 0 Å². The summed E-state index contributed by atoms with van der Waals surface area (Å²) in [5.41, 5.74) is 26.0. The van der Waals surface area contributed by atoms with Crippen LogP contribution in [0.3, 0.4) is 0 Å². The molecular formula is C108H118N4S8. The second-order valence-electron chi connectivity index (χ2n) is 34.5. The molecule has 0 fully saturated rings. The lowest BCUT2D eigenvalue weighted by Crippen LogP contribution is -2.30. The molecule has 0 saturated heterocycles. The molecule has 17 rings (SSSR count). The lowest BCUT2D eigenvalue weighted by atomic mass is 9.65. The monoisotopic (exact) mass is 1730 g/mol. The van der Waals surface area contributed by atoms with Crippen molar-refractivity contribution in [2.24, 2.45) is 11.8 Å². The maximum absolute atomic E-state index is 5.32. The fraction of sp³-hybridized carbons (Fsp3) is 0.389. The minimum absolute atomic E-state index is 0.699. The quantitative estimate of drug-likeness (QED) is 0.0358.